The van der Waals surface area contributed by atoms with Crippen molar-refractivity contribution in [2.45, 2.75) is 0 Å². The Morgan fingerprint density at radius 2 is 0.964 bits per heavy atom. The monoisotopic (exact) mass is 398 g/mol. The van der Waals surface area contributed by atoms with Crippen LogP contribution in [0, 0.1) is 0 Å². The number of rotatable bonds is 10. The minimum Gasteiger partial charge on any atom is -0.466 e. The van der Waals surface area contributed by atoms with Crippen molar-refractivity contribution in [2.24, 2.45) is 0 Å². The highest BCUT2D eigenvalue weighted by molar-refractivity contribution is 5.92. The van der Waals surface area contributed by atoms with Gasteiger partial charge in [-0.25, -0.2) is 19.2 Å². The molecule has 0 spiro atoms. The van der Waals surface area contributed by atoms with Crippen LogP contribution in [0.15, 0.2) is 24.3 Å². The number of hydrogen-bond acceptors (Lipinski definition) is 10. The first-order valence-corrected chi connectivity index (χ1v) is 8.75. The first-order chi connectivity index (χ1) is 13.4. The van der Waals surface area contributed by atoms with Crippen LogP contribution in [0.25, 0.3) is 0 Å². The maximum Gasteiger partial charge on any atom is 0.331 e. The number of hydrogen-bond donors (Lipinski definition) is 0. The Hall–Kier alpha value is -2.72. The minimum absolute atomic E-state index is 0.231. The van der Waals surface area contributed by atoms with Crippen molar-refractivity contribution in [3.05, 3.63) is 24.3 Å². The van der Waals surface area contributed by atoms with Crippen LogP contribution in [0.4, 0.5) is 0 Å². The van der Waals surface area contributed by atoms with Gasteiger partial charge in [-0.2, -0.15) is 0 Å². The van der Waals surface area contributed by atoms with E-state index in [0.717, 1.165) is 50.5 Å². The summed E-state index contributed by atoms with van der Waals surface area (Å²) in [5.74, 6) is -2.41. The van der Waals surface area contributed by atoms with E-state index in [-0.39, 0.29) is 13.2 Å². The summed E-state index contributed by atoms with van der Waals surface area (Å²) in [6, 6.07) is 0. The molecule has 28 heavy (non-hydrogen) atoms. The first kappa shape index (κ1) is 23.3. The SMILES string of the molecule is COC(=O)/C=C/C(=O)OCCN1CCN(CCOC(=O)/C=C/C(=O)OC)CC1. The van der Waals surface area contributed by atoms with Gasteiger partial charge in [0.2, 0.25) is 0 Å². The Labute approximate surface area is 163 Å². The molecule has 1 rings (SSSR count). The standard InChI is InChI=1S/C18H26N2O8/c1-25-15(21)3-5-17(23)27-13-11-19-7-9-20(10-8-19)12-14-28-18(24)6-4-16(22)26-2/h3-6H,7-14H2,1-2H3/b5-3+,6-4+. The summed E-state index contributed by atoms with van der Waals surface area (Å²) in [6.45, 7) is 4.84. The summed E-state index contributed by atoms with van der Waals surface area (Å²) in [6.07, 6.45) is 4.09. The van der Waals surface area contributed by atoms with E-state index in [1.54, 1.807) is 0 Å². The van der Waals surface area contributed by atoms with Gasteiger partial charge in [0, 0.05) is 63.6 Å². The van der Waals surface area contributed by atoms with E-state index in [9.17, 15) is 19.2 Å². The average Bonchev–Trinajstić information content (AvgIpc) is 2.71. The lowest BCUT2D eigenvalue weighted by Crippen LogP contribution is -2.48. The van der Waals surface area contributed by atoms with Crippen molar-refractivity contribution in [2.75, 3.05) is 66.7 Å². The molecule has 0 aromatic rings. The number of nitrogens with zero attached hydrogens (tertiary/aromatic N) is 2. The molecule has 0 atom stereocenters. The maximum atomic E-state index is 11.4. The lowest BCUT2D eigenvalue weighted by Gasteiger charge is -2.34. The summed E-state index contributed by atoms with van der Waals surface area (Å²) in [4.78, 5) is 48.9. The maximum absolute atomic E-state index is 11.4. The molecule has 1 heterocycles. The topological polar surface area (TPSA) is 112 Å². The van der Waals surface area contributed by atoms with Crippen LogP contribution in [0.5, 0.6) is 0 Å². The Balaban J connectivity index is 2.12. The Morgan fingerprint density at radius 1 is 0.643 bits per heavy atom. The van der Waals surface area contributed by atoms with Gasteiger partial charge in [0.05, 0.1) is 14.2 Å². The Kier molecular flexibility index (Phi) is 11.2. The smallest absolute Gasteiger partial charge is 0.331 e. The van der Waals surface area contributed by atoms with Crippen molar-refractivity contribution in [3.8, 4) is 0 Å². The van der Waals surface area contributed by atoms with E-state index in [0.29, 0.717) is 13.1 Å². The molecule has 0 amide bonds. The normalized spacial score (nSPS) is 15.5. The van der Waals surface area contributed by atoms with Crippen LogP contribution < -0.4 is 0 Å². The molecule has 0 N–H and O–H groups in total. The molecule has 10 heteroatoms. The van der Waals surface area contributed by atoms with E-state index in [1.165, 1.54) is 14.2 Å². The molecular weight excluding hydrogens is 372 g/mol. The molecule has 1 aliphatic heterocycles. The van der Waals surface area contributed by atoms with Crippen molar-refractivity contribution in [3.63, 3.8) is 0 Å². The second-order valence-corrected chi connectivity index (χ2v) is 5.73. The van der Waals surface area contributed by atoms with Crippen molar-refractivity contribution in [1.82, 2.24) is 9.80 Å². The molecule has 0 aliphatic carbocycles. The van der Waals surface area contributed by atoms with Crippen LogP contribution in [0.1, 0.15) is 0 Å². The summed E-state index contributed by atoms with van der Waals surface area (Å²) < 4.78 is 18.8. The predicted octanol–water partition coefficient (Wildman–Crippen LogP) is -0.851. The third kappa shape index (κ3) is 10.4. The van der Waals surface area contributed by atoms with E-state index >= 15 is 0 Å². The third-order valence-corrected chi connectivity index (χ3v) is 3.88. The summed E-state index contributed by atoms with van der Waals surface area (Å²) in [5.41, 5.74) is 0. The molecule has 0 bridgehead atoms. The summed E-state index contributed by atoms with van der Waals surface area (Å²) in [5, 5.41) is 0. The minimum atomic E-state index is -0.613. The van der Waals surface area contributed by atoms with Gasteiger partial charge >= 0.3 is 23.9 Å². The average molecular weight is 398 g/mol. The van der Waals surface area contributed by atoms with Crippen LogP contribution in [-0.2, 0) is 38.1 Å². The molecule has 0 aromatic heterocycles. The fourth-order valence-corrected chi connectivity index (χ4v) is 2.29. The molecule has 0 unspecified atom stereocenters. The van der Waals surface area contributed by atoms with E-state index in [4.69, 9.17) is 9.47 Å². The van der Waals surface area contributed by atoms with E-state index < -0.39 is 23.9 Å². The third-order valence-electron chi connectivity index (χ3n) is 3.88. The Bertz CT molecular complexity index is 542. The lowest BCUT2D eigenvalue weighted by atomic mass is 10.3. The van der Waals surface area contributed by atoms with Gasteiger partial charge in [0.25, 0.3) is 0 Å². The predicted molar refractivity (Wildman–Crippen MR) is 97.1 cm³/mol. The van der Waals surface area contributed by atoms with Gasteiger partial charge in [0.15, 0.2) is 0 Å². The number of methoxy groups -OCH3 is 2. The number of carbonyl (C=O) groups is 4. The highest BCUT2D eigenvalue weighted by Crippen LogP contribution is 2.01. The fourth-order valence-electron chi connectivity index (χ4n) is 2.29. The van der Waals surface area contributed by atoms with Gasteiger partial charge in [-0.1, -0.05) is 0 Å². The van der Waals surface area contributed by atoms with E-state index in [2.05, 4.69) is 19.3 Å². The molecule has 0 radical (unpaired) electrons. The number of carbonyl (C=O) groups excluding carboxylic acids is 4. The number of ether oxygens (including phenoxy) is 4. The van der Waals surface area contributed by atoms with Crippen LogP contribution in [-0.4, -0.2) is 100 Å². The fraction of sp³-hybridized carbons (Fsp3) is 0.556. The van der Waals surface area contributed by atoms with Crippen molar-refractivity contribution in [1.29, 1.82) is 0 Å². The van der Waals surface area contributed by atoms with Crippen LogP contribution in [0.3, 0.4) is 0 Å². The molecule has 1 fully saturated rings. The van der Waals surface area contributed by atoms with Crippen molar-refractivity contribution < 1.29 is 38.1 Å². The molecule has 1 saturated heterocycles. The van der Waals surface area contributed by atoms with Gasteiger partial charge in [-0.3, -0.25) is 9.80 Å². The number of piperazine rings is 1. The van der Waals surface area contributed by atoms with E-state index in [1.807, 2.05) is 0 Å². The molecule has 0 aromatic carbocycles. The van der Waals surface area contributed by atoms with Crippen LogP contribution >= 0.6 is 0 Å². The highest BCUT2D eigenvalue weighted by atomic mass is 16.5. The molecular formula is C18H26N2O8. The lowest BCUT2D eigenvalue weighted by molar-refractivity contribution is -0.140. The molecule has 1 aliphatic rings. The molecule has 156 valence electrons. The van der Waals surface area contributed by atoms with Gasteiger partial charge in [0.1, 0.15) is 13.2 Å². The second-order valence-electron chi connectivity index (χ2n) is 5.73. The summed E-state index contributed by atoms with van der Waals surface area (Å²) in [7, 11) is 2.45. The van der Waals surface area contributed by atoms with Gasteiger partial charge in [-0.05, 0) is 0 Å². The Morgan fingerprint density at radius 3 is 1.29 bits per heavy atom. The van der Waals surface area contributed by atoms with Gasteiger partial charge < -0.3 is 18.9 Å². The summed E-state index contributed by atoms with van der Waals surface area (Å²) >= 11 is 0. The second kappa shape index (κ2) is 13.4. The van der Waals surface area contributed by atoms with Gasteiger partial charge in [-0.15, -0.1) is 0 Å². The first-order valence-electron chi connectivity index (χ1n) is 8.75. The van der Waals surface area contributed by atoms with Crippen LogP contribution in [0.2, 0.25) is 0 Å². The molecule has 10 nitrogen and oxygen atoms in total. The zero-order valence-electron chi connectivity index (χ0n) is 16.1. The zero-order chi connectivity index (χ0) is 20.8. The quantitative estimate of drug-likeness (QED) is 0.262. The largest absolute Gasteiger partial charge is 0.466 e. The molecule has 0 saturated carbocycles. The highest BCUT2D eigenvalue weighted by Gasteiger charge is 2.17. The van der Waals surface area contributed by atoms with Crippen molar-refractivity contribution >= 4 is 23.9 Å². The zero-order valence-corrected chi connectivity index (χ0v) is 16.1. The number of esters is 4.